The van der Waals surface area contributed by atoms with Crippen LogP contribution in [0.3, 0.4) is 0 Å². The lowest BCUT2D eigenvalue weighted by molar-refractivity contribution is 0.794. The van der Waals surface area contributed by atoms with Crippen LogP contribution in [0, 0.1) is 0 Å². The molecule has 4 heteroatoms. The van der Waals surface area contributed by atoms with Crippen LogP contribution in [0.25, 0.3) is 12.9 Å². The van der Waals surface area contributed by atoms with Crippen molar-refractivity contribution in [1.29, 1.82) is 0 Å². The Morgan fingerprint density at radius 2 is 2.36 bits per heavy atom. The topological polar surface area (TPSA) is 37.8 Å². The second-order valence-electron chi connectivity index (χ2n) is 1.94. The summed E-state index contributed by atoms with van der Waals surface area (Å²) in [5, 5.41) is 3.41. The van der Waals surface area contributed by atoms with E-state index in [0.29, 0.717) is 22.7 Å². The Hall–Kier alpha value is -1.45. The zero-order chi connectivity index (χ0) is 8.27. The van der Waals surface area contributed by atoms with E-state index < -0.39 is 0 Å². The molecule has 58 valence electrons. The quantitative estimate of drug-likeness (QED) is 0.598. The highest BCUT2D eigenvalue weighted by atomic mass is 19.1. The van der Waals surface area contributed by atoms with E-state index in [1.165, 1.54) is 6.33 Å². The van der Waals surface area contributed by atoms with Crippen LogP contribution in [-0.4, -0.2) is 17.0 Å². The molecule has 1 aromatic heterocycles. The van der Waals surface area contributed by atoms with E-state index in [0.717, 1.165) is 0 Å². The number of hydrogen-bond donors (Lipinski definition) is 1. The molecule has 1 heterocycles. The van der Waals surface area contributed by atoms with Crippen molar-refractivity contribution >= 4 is 18.7 Å². The summed E-state index contributed by atoms with van der Waals surface area (Å²) in [7, 11) is 1.66. The first-order valence-corrected chi connectivity index (χ1v) is 3.07. The molecule has 0 spiro atoms. The molecule has 1 aromatic rings. The summed E-state index contributed by atoms with van der Waals surface area (Å²) in [5.41, 5.74) is 0. The molecule has 0 aliphatic carbocycles. The first-order chi connectivity index (χ1) is 5.29. The van der Waals surface area contributed by atoms with Crippen molar-refractivity contribution in [1.82, 2.24) is 9.97 Å². The van der Waals surface area contributed by atoms with Gasteiger partial charge in [-0.25, -0.2) is 14.4 Å². The SMILES string of the molecule is C=c1ncnc(NC)/c1=C\F. The predicted molar refractivity (Wildman–Crippen MR) is 41.9 cm³/mol. The minimum absolute atomic E-state index is 0.301. The van der Waals surface area contributed by atoms with Crippen LogP contribution in [0.5, 0.6) is 0 Å². The summed E-state index contributed by atoms with van der Waals surface area (Å²) in [6.07, 6.45) is 1.77. The zero-order valence-corrected chi connectivity index (χ0v) is 6.13. The van der Waals surface area contributed by atoms with Crippen LogP contribution in [0.15, 0.2) is 6.33 Å². The van der Waals surface area contributed by atoms with E-state index in [1.54, 1.807) is 7.05 Å². The van der Waals surface area contributed by atoms with E-state index in [2.05, 4.69) is 21.9 Å². The van der Waals surface area contributed by atoms with Crippen LogP contribution in [-0.2, 0) is 0 Å². The second kappa shape index (κ2) is 3.09. The lowest BCUT2D eigenvalue weighted by Gasteiger charge is -1.96. The maximum atomic E-state index is 12.1. The lowest BCUT2D eigenvalue weighted by Crippen LogP contribution is -2.29. The number of halogens is 1. The van der Waals surface area contributed by atoms with Gasteiger partial charge < -0.3 is 5.32 Å². The van der Waals surface area contributed by atoms with E-state index in [9.17, 15) is 4.39 Å². The van der Waals surface area contributed by atoms with Crippen LogP contribution >= 0.6 is 0 Å². The van der Waals surface area contributed by atoms with E-state index in [1.807, 2.05) is 0 Å². The minimum atomic E-state index is 0.301. The highest BCUT2D eigenvalue weighted by Gasteiger charge is 1.93. The average molecular weight is 153 g/mol. The number of aromatic nitrogens is 2. The number of hydrogen-bond acceptors (Lipinski definition) is 3. The molecule has 0 fully saturated rings. The average Bonchev–Trinajstić information content (AvgIpc) is 2.04. The van der Waals surface area contributed by atoms with Crippen molar-refractivity contribution in [3.05, 3.63) is 16.9 Å². The Labute approximate surface area is 63.3 Å². The van der Waals surface area contributed by atoms with Gasteiger partial charge in [-0.1, -0.05) is 6.58 Å². The Bertz CT molecular complexity index is 347. The molecule has 0 aliphatic heterocycles. The molecule has 0 saturated carbocycles. The van der Waals surface area contributed by atoms with Gasteiger partial charge in [0, 0.05) is 7.05 Å². The van der Waals surface area contributed by atoms with Crippen molar-refractivity contribution in [2.75, 3.05) is 12.4 Å². The first kappa shape index (κ1) is 7.65. The van der Waals surface area contributed by atoms with Crippen LogP contribution in [0.4, 0.5) is 10.2 Å². The first-order valence-electron chi connectivity index (χ1n) is 3.07. The lowest BCUT2D eigenvalue weighted by atomic mass is 10.4. The van der Waals surface area contributed by atoms with E-state index in [4.69, 9.17) is 0 Å². The van der Waals surface area contributed by atoms with Gasteiger partial charge in [-0.2, -0.15) is 0 Å². The molecule has 1 rings (SSSR count). The highest BCUT2D eigenvalue weighted by Crippen LogP contribution is 1.84. The molecule has 0 aromatic carbocycles. The van der Waals surface area contributed by atoms with E-state index >= 15 is 0 Å². The third kappa shape index (κ3) is 1.34. The molecule has 11 heavy (non-hydrogen) atoms. The van der Waals surface area contributed by atoms with Crippen molar-refractivity contribution in [3.63, 3.8) is 0 Å². The van der Waals surface area contributed by atoms with Gasteiger partial charge in [-0.15, -0.1) is 0 Å². The molecule has 0 amide bonds. The molecule has 0 aliphatic rings. The fraction of sp³-hybridized carbons (Fsp3) is 0.143. The molecule has 1 N–H and O–H groups in total. The van der Waals surface area contributed by atoms with E-state index in [-0.39, 0.29) is 0 Å². The summed E-state index contributed by atoms with van der Waals surface area (Å²) < 4.78 is 12.1. The highest BCUT2D eigenvalue weighted by molar-refractivity contribution is 5.38. The third-order valence-corrected chi connectivity index (χ3v) is 1.31. The number of nitrogens with zero attached hydrogens (tertiary/aromatic N) is 2. The summed E-state index contributed by atoms with van der Waals surface area (Å²) in [6.45, 7) is 3.54. The normalized spacial score (nSPS) is 11.6. The van der Waals surface area contributed by atoms with Crippen LogP contribution < -0.4 is 15.9 Å². The molecular formula is C7H8FN3. The standard InChI is InChI=1S/C7H8FN3/c1-5-6(3-8)7(9-2)11-4-10-5/h3-4H,1H2,2H3,(H,9,10,11)/b6-3-. The van der Waals surface area contributed by atoms with Gasteiger partial charge in [-0.05, 0) is 0 Å². The summed E-state index contributed by atoms with van der Waals surface area (Å²) in [4.78, 5) is 7.52. The molecule has 0 unspecified atom stereocenters. The Kier molecular flexibility index (Phi) is 2.15. The molecule has 0 bridgehead atoms. The third-order valence-electron chi connectivity index (χ3n) is 1.31. The summed E-state index contributed by atoms with van der Waals surface area (Å²) >= 11 is 0. The molecule has 3 nitrogen and oxygen atoms in total. The second-order valence-corrected chi connectivity index (χ2v) is 1.94. The number of anilines is 1. The smallest absolute Gasteiger partial charge is 0.139 e. The predicted octanol–water partition coefficient (Wildman–Crippen LogP) is -0.364. The van der Waals surface area contributed by atoms with Gasteiger partial charge in [0.15, 0.2) is 0 Å². The van der Waals surface area contributed by atoms with Gasteiger partial charge in [0.05, 0.1) is 16.9 Å². The van der Waals surface area contributed by atoms with Crippen molar-refractivity contribution in [2.45, 2.75) is 0 Å². The van der Waals surface area contributed by atoms with Gasteiger partial charge in [0.25, 0.3) is 0 Å². The molecule has 0 saturated heterocycles. The molecule has 0 atom stereocenters. The summed E-state index contributed by atoms with van der Waals surface area (Å²) in [5.74, 6) is 0.451. The van der Waals surface area contributed by atoms with Gasteiger partial charge >= 0.3 is 0 Å². The fourth-order valence-electron chi connectivity index (χ4n) is 0.746. The number of rotatable bonds is 1. The maximum absolute atomic E-state index is 12.1. The van der Waals surface area contributed by atoms with Crippen molar-refractivity contribution in [2.24, 2.45) is 0 Å². The van der Waals surface area contributed by atoms with Crippen molar-refractivity contribution in [3.8, 4) is 0 Å². The Morgan fingerprint density at radius 1 is 1.64 bits per heavy atom. The number of nitrogens with one attached hydrogen (secondary N) is 1. The van der Waals surface area contributed by atoms with Gasteiger partial charge in [-0.3, -0.25) is 0 Å². The zero-order valence-electron chi connectivity index (χ0n) is 6.13. The van der Waals surface area contributed by atoms with Gasteiger partial charge in [0.2, 0.25) is 0 Å². The largest absolute Gasteiger partial charge is 0.372 e. The Morgan fingerprint density at radius 3 is 2.82 bits per heavy atom. The summed E-state index contributed by atoms with van der Waals surface area (Å²) in [6, 6.07) is 0. The van der Waals surface area contributed by atoms with Gasteiger partial charge in [0.1, 0.15) is 12.1 Å². The fourth-order valence-corrected chi connectivity index (χ4v) is 0.746. The maximum Gasteiger partial charge on any atom is 0.139 e. The van der Waals surface area contributed by atoms with Crippen molar-refractivity contribution < 1.29 is 4.39 Å². The van der Waals surface area contributed by atoms with Crippen LogP contribution in [0.1, 0.15) is 0 Å². The molecule has 0 radical (unpaired) electrons. The monoisotopic (exact) mass is 153 g/mol. The molecular weight excluding hydrogens is 145 g/mol. The van der Waals surface area contributed by atoms with Crippen LogP contribution in [0.2, 0.25) is 0 Å². The minimum Gasteiger partial charge on any atom is -0.372 e. The Balaban J connectivity index is 3.51.